The van der Waals surface area contributed by atoms with Crippen molar-refractivity contribution in [2.75, 3.05) is 4.90 Å². The number of aliphatic hydroxyl groups excluding tert-OH is 3. The molecule has 0 aliphatic carbocycles. The van der Waals surface area contributed by atoms with Gasteiger partial charge in [0.1, 0.15) is 11.5 Å². The molecule has 3 N–H and O–H groups in total. The average molecular weight is 2030 g/mol. The second-order valence-corrected chi connectivity index (χ2v) is 29.8. The monoisotopic (exact) mass is 2030 g/mol. The van der Waals surface area contributed by atoms with Gasteiger partial charge < -0.3 is 35.2 Å². The van der Waals surface area contributed by atoms with E-state index in [9.17, 15) is 38.1 Å². The molecule has 0 amide bonds. The number of para-hydroxylation sites is 2. The van der Waals surface area contributed by atoms with Crippen molar-refractivity contribution >= 4 is 28.6 Å². The third kappa shape index (κ3) is 30.9. The van der Waals surface area contributed by atoms with Crippen LogP contribution in [0.3, 0.4) is 0 Å². The van der Waals surface area contributed by atoms with Crippen LogP contribution in [0.25, 0.3) is 67.2 Å². The van der Waals surface area contributed by atoms with E-state index in [4.69, 9.17) is 0 Å². The van der Waals surface area contributed by atoms with Crippen LogP contribution in [-0.4, -0.2) is 63.9 Å². The number of carbonyl (C=O) groups excluding carboxylic acids is 2. The summed E-state index contributed by atoms with van der Waals surface area (Å²) in [7, 11) is 0. The molecule has 111 heavy (non-hydrogen) atoms. The Morgan fingerprint density at radius 3 is 1.15 bits per heavy atom. The maximum Gasteiger partial charge on any atom is 0.394 e. The number of nitrogens with zero attached hydrogens (tertiary/aromatic N) is 6. The van der Waals surface area contributed by atoms with Gasteiger partial charge in [0.05, 0.1) is 18.6 Å². The van der Waals surface area contributed by atoms with E-state index in [0.717, 1.165) is 63.3 Å². The largest absolute Gasteiger partial charge is 0.512 e. The fourth-order valence-electron chi connectivity index (χ4n) is 9.82. The fourth-order valence-corrected chi connectivity index (χ4v) is 9.82. The Morgan fingerprint density at radius 2 is 0.811 bits per heavy atom. The molecule has 0 saturated heterocycles. The predicted octanol–water partition coefficient (Wildman–Crippen LogP) is 24.0. The molecular weight excluding hydrogens is 1930 g/mol. The van der Waals surface area contributed by atoms with Crippen molar-refractivity contribution in [3.8, 4) is 67.2 Å². The molecule has 12 aromatic rings. The Hall–Kier alpha value is -9.66. The maximum absolute atomic E-state index is 12.1. The number of aryl methyl sites for hydroxylation is 1. The number of aromatic nitrogens is 5. The van der Waals surface area contributed by atoms with Crippen LogP contribution >= 0.6 is 0 Å². The summed E-state index contributed by atoms with van der Waals surface area (Å²) in [4.78, 5) is 38.7. The summed E-state index contributed by atoms with van der Waals surface area (Å²) in [5, 5.41) is 32.1. The maximum atomic E-state index is 12.1. The van der Waals surface area contributed by atoms with E-state index in [0.29, 0.717) is 0 Å². The molecule has 3 radical (unpaired) electrons. The van der Waals surface area contributed by atoms with Gasteiger partial charge in [0.15, 0.2) is 11.6 Å². The minimum Gasteiger partial charge on any atom is -0.512 e. The first kappa shape index (κ1) is 93.7. The zero-order valence-corrected chi connectivity index (χ0v) is 72.3. The number of aliphatic hydroxyl groups is 3. The van der Waals surface area contributed by atoms with Gasteiger partial charge >= 0.3 is 6.18 Å². The van der Waals surface area contributed by atoms with Crippen LogP contribution in [0.4, 0.5) is 30.2 Å². The number of rotatable bonds is 14. The Bertz CT molecular complexity index is 4630. The van der Waals surface area contributed by atoms with Gasteiger partial charge in [-0.05, 0) is 88.7 Å². The number of ketones is 2. The molecule has 0 bridgehead atoms. The van der Waals surface area contributed by atoms with Gasteiger partial charge in [0.2, 0.25) is 0 Å². The smallest absolute Gasteiger partial charge is 0.394 e. The number of hydrogen-bond acceptors (Lipinski definition) is 10. The van der Waals surface area contributed by atoms with Crippen molar-refractivity contribution in [2.24, 2.45) is 27.6 Å². The van der Waals surface area contributed by atoms with Gasteiger partial charge in [0, 0.05) is 142 Å². The minimum absolute atomic E-state index is 0. The van der Waals surface area contributed by atoms with Crippen molar-refractivity contribution < 1.29 is 98.4 Å². The van der Waals surface area contributed by atoms with Crippen LogP contribution in [0.1, 0.15) is 95.6 Å². The van der Waals surface area contributed by atoms with Gasteiger partial charge in [-0.3, -0.25) is 14.3 Å². The molecule has 585 valence electrons. The van der Waals surface area contributed by atoms with Crippen molar-refractivity contribution in [1.82, 2.24) is 24.7 Å². The number of anilines is 3. The molecule has 0 spiro atoms. The number of pyridine rings is 3. The van der Waals surface area contributed by atoms with Gasteiger partial charge in [-0.25, -0.2) is 0 Å². The topological polar surface area (TPSA) is 155 Å². The average Bonchev–Trinajstić information content (AvgIpc) is 1.77. The molecule has 4 aromatic heterocycles. The van der Waals surface area contributed by atoms with Gasteiger partial charge in [0.25, 0.3) is 0 Å². The summed E-state index contributed by atoms with van der Waals surface area (Å²) < 4.78 is 37.7. The van der Waals surface area contributed by atoms with E-state index < -0.39 is 29.0 Å². The normalized spacial score (nSPS) is 11.9. The fraction of sp³-hybridized carbons (Fsp3) is 0.234. The summed E-state index contributed by atoms with van der Waals surface area (Å²) in [6, 6.07) is 96.0. The Kier molecular flexibility index (Phi) is 37.5. The molecule has 12 rings (SSSR count). The van der Waals surface area contributed by atoms with Crippen LogP contribution in [0, 0.1) is 52.7 Å². The Morgan fingerprint density at radius 1 is 0.432 bits per heavy atom. The molecule has 2 atom stereocenters. The number of alkyl halides is 3. The van der Waals surface area contributed by atoms with Gasteiger partial charge in [-0.1, -0.05) is 248 Å². The first-order chi connectivity index (χ1) is 51.1. The SMILES string of the molecule is CC(C(O)Cn1cccn1)C(F)(F)F.CC(C)(C)C(=O)C=C(O)C(C)(C)C.CC(C)(C)C(=O)C=C(O)C(C)(C)C.Cc1ccc(-c2[c-]ccc(-c3ccccc3)c2)nc1.[Ir].[Ir].[Ir].[c-]1ccc(-c2ccccc2)cc1-c1cc(N(c2ccccc2)c2ccccc2)ccn1.[c-]1ccc(-c2ccccc2)cc1-c1ccccn1. The molecule has 0 aliphatic rings. The number of benzene rings is 8. The third-order valence-corrected chi connectivity index (χ3v) is 16.7. The van der Waals surface area contributed by atoms with Crippen molar-refractivity contribution in [1.29, 1.82) is 0 Å². The summed E-state index contributed by atoms with van der Waals surface area (Å²) >= 11 is 0. The second-order valence-electron chi connectivity index (χ2n) is 29.8. The van der Waals surface area contributed by atoms with E-state index >= 15 is 0 Å². The van der Waals surface area contributed by atoms with Crippen LogP contribution in [0.5, 0.6) is 0 Å². The molecule has 8 aromatic carbocycles. The third-order valence-electron chi connectivity index (χ3n) is 16.7. The molecular formula is C94H98F3Ir3N6O5-3. The van der Waals surface area contributed by atoms with E-state index in [2.05, 4.69) is 201 Å². The van der Waals surface area contributed by atoms with Crippen molar-refractivity contribution in [2.45, 2.75) is 116 Å². The molecule has 17 heteroatoms. The van der Waals surface area contributed by atoms with Crippen LogP contribution in [0.2, 0.25) is 0 Å². The minimum atomic E-state index is -4.37. The Balaban J connectivity index is 0.000000290. The van der Waals surface area contributed by atoms with E-state index in [-0.39, 0.29) is 101 Å². The Labute approximate surface area is 695 Å². The number of halogens is 3. The van der Waals surface area contributed by atoms with E-state index in [1.165, 1.54) is 62.6 Å². The molecule has 0 fully saturated rings. The molecule has 11 nitrogen and oxygen atoms in total. The quantitative estimate of drug-likeness (QED) is 0.0544. The van der Waals surface area contributed by atoms with Crippen LogP contribution in [0.15, 0.2) is 309 Å². The summed E-state index contributed by atoms with van der Waals surface area (Å²) in [6.45, 7) is 25.1. The van der Waals surface area contributed by atoms with Gasteiger partial charge in [-0.15, -0.1) is 106 Å². The predicted molar refractivity (Wildman–Crippen MR) is 434 cm³/mol. The van der Waals surface area contributed by atoms with E-state index in [1.54, 1.807) is 12.3 Å². The van der Waals surface area contributed by atoms with Crippen molar-refractivity contribution in [3.05, 3.63) is 333 Å². The summed E-state index contributed by atoms with van der Waals surface area (Å²) in [5.74, 6) is -1.54. The number of carbonyl (C=O) groups is 2. The number of hydrogen-bond donors (Lipinski definition) is 3. The zero-order chi connectivity index (χ0) is 78.7. The molecule has 2 unspecified atom stereocenters. The molecule has 0 saturated carbocycles. The van der Waals surface area contributed by atoms with Crippen LogP contribution in [-0.2, 0) is 76.4 Å². The van der Waals surface area contributed by atoms with Crippen LogP contribution < -0.4 is 4.90 Å². The first-order valence-corrected chi connectivity index (χ1v) is 35.7. The molecule has 4 heterocycles. The zero-order valence-electron chi connectivity index (χ0n) is 65.1. The second kappa shape index (κ2) is 44.4. The summed E-state index contributed by atoms with van der Waals surface area (Å²) in [6.07, 6.45) is 5.35. The molecule has 0 aliphatic heterocycles. The summed E-state index contributed by atoms with van der Waals surface area (Å²) in [5.41, 5.74) is 15.9. The number of allylic oxidation sites excluding steroid dienone is 4. The van der Waals surface area contributed by atoms with Gasteiger partial charge in [-0.2, -0.15) is 18.3 Å². The first-order valence-electron chi connectivity index (χ1n) is 35.7. The van der Waals surface area contributed by atoms with E-state index in [1.807, 2.05) is 193 Å². The standard InChI is InChI=1S/C29H21N2.C18H14N.C17H12N.2C11H20O2.C8H11F3N2O.3Ir/c1-4-11-23(12-5-1)24-13-10-14-25(21-24)29-22-28(19-20-30-29)31(26-15-6-2-7-16-26)27-17-8-3-9-18-27;1-14-10-11-18(19-13-14)17-9-5-8-16(12-17)15-6-3-2-4-7-15;1-2-7-14(8-3-1)15-9-6-10-16(13-15)17-11-4-5-12-18-17;2*1-10(2,3)8(12)7-9(13)11(4,5)6;1-6(8(9,10)11)7(14)5-13-4-2-3-12-13;;;/h1-13,15-22H;2-8,10-13H,1H3;1-9,11-13H;2*7,12H,1-6H3;2-4,6-7,14H,5H2,1H3;;;/q3*-1;;;;;;. The van der Waals surface area contributed by atoms with Crippen molar-refractivity contribution in [3.63, 3.8) is 0 Å².